The van der Waals surface area contributed by atoms with Gasteiger partial charge in [-0.15, -0.1) is 0 Å². The summed E-state index contributed by atoms with van der Waals surface area (Å²) >= 11 is 0. The monoisotopic (exact) mass is 214 g/mol. The highest BCUT2D eigenvalue weighted by atomic mass is 16.5. The molecule has 1 aliphatic heterocycles. The highest BCUT2D eigenvalue weighted by molar-refractivity contribution is 5.75. The fraction of sp³-hybridized carbons (Fsp3) is 0.909. The van der Waals surface area contributed by atoms with Gasteiger partial charge in [0.05, 0.1) is 7.11 Å². The van der Waals surface area contributed by atoms with Crippen LogP contribution >= 0.6 is 0 Å². The molecule has 0 aromatic carbocycles. The molecule has 1 N–H and O–H groups in total. The molecule has 0 saturated carbocycles. The van der Waals surface area contributed by atoms with Crippen molar-refractivity contribution in [1.82, 2.24) is 10.2 Å². The lowest BCUT2D eigenvalue weighted by atomic mass is 10.1. The van der Waals surface area contributed by atoms with Gasteiger partial charge < -0.3 is 15.0 Å². The van der Waals surface area contributed by atoms with Gasteiger partial charge in [-0.1, -0.05) is 6.42 Å². The summed E-state index contributed by atoms with van der Waals surface area (Å²) in [7, 11) is 3.24. The van der Waals surface area contributed by atoms with Crippen LogP contribution < -0.4 is 5.32 Å². The van der Waals surface area contributed by atoms with E-state index in [0.29, 0.717) is 0 Å². The van der Waals surface area contributed by atoms with E-state index in [0.717, 1.165) is 13.0 Å². The Labute approximate surface area is 92.0 Å². The van der Waals surface area contributed by atoms with E-state index in [1.54, 1.807) is 7.05 Å². The summed E-state index contributed by atoms with van der Waals surface area (Å²) in [6, 6.07) is -0.156. The zero-order valence-electron chi connectivity index (χ0n) is 9.79. The molecule has 1 aliphatic rings. The van der Waals surface area contributed by atoms with Crippen LogP contribution in [0.25, 0.3) is 0 Å². The number of piperidine rings is 1. The SMILES string of the molecule is CNC(CCN1CCCCC1)C(=O)OC. The summed E-state index contributed by atoms with van der Waals surface area (Å²) in [4.78, 5) is 13.7. The van der Waals surface area contributed by atoms with Crippen molar-refractivity contribution in [1.29, 1.82) is 0 Å². The van der Waals surface area contributed by atoms with E-state index < -0.39 is 0 Å². The van der Waals surface area contributed by atoms with Crippen molar-refractivity contribution in [3.8, 4) is 0 Å². The molecular formula is C11H22N2O2. The van der Waals surface area contributed by atoms with Crippen molar-refractivity contribution < 1.29 is 9.53 Å². The lowest BCUT2D eigenvalue weighted by molar-refractivity contribution is -0.143. The summed E-state index contributed by atoms with van der Waals surface area (Å²) in [5.74, 6) is -0.158. The maximum Gasteiger partial charge on any atom is 0.322 e. The number of esters is 1. The number of nitrogens with one attached hydrogen (secondary N) is 1. The number of ether oxygens (including phenoxy) is 1. The average molecular weight is 214 g/mol. The van der Waals surface area contributed by atoms with Gasteiger partial charge in [0, 0.05) is 6.54 Å². The molecule has 1 fully saturated rings. The Morgan fingerprint density at radius 1 is 1.40 bits per heavy atom. The molecule has 0 spiro atoms. The predicted octanol–water partition coefficient (Wildman–Crippen LogP) is 0.623. The lowest BCUT2D eigenvalue weighted by Gasteiger charge is -2.27. The topological polar surface area (TPSA) is 41.6 Å². The van der Waals surface area contributed by atoms with E-state index in [1.807, 2.05) is 0 Å². The maximum atomic E-state index is 11.3. The van der Waals surface area contributed by atoms with Crippen molar-refractivity contribution in [2.45, 2.75) is 31.7 Å². The number of likely N-dealkylation sites (tertiary alicyclic amines) is 1. The van der Waals surface area contributed by atoms with Crippen LogP contribution in [0.1, 0.15) is 25.7 Å². The summed E-state index contributed by atoms with van der Waals surface area (Å²) in [6.45, 7) is 3.34. The van der Waals surface area contributed by atoms with Crippen molar-refractivity contribution in [2.24, 2.45) is 0 Å². The molecule has 0 aliphatic carbocycles. The fourth-order valence-corrected chi connectivity index (χ4v) is 2.02. The highest BCUT2D eigenvalue weighted by Crippen LogP contribution is 2.09. The average Bonchev–Trinajstić information content (AvgIpc) is 2.31. The van der Waals surface area contributed by atoms with Gasteiger partial charge >= 0.3 is 5.97 Å². The van der Waals surface area contributed by atoms with Crippen LogP contribution in [0.2, 0.25) is 0 Å². The van der Waals surface area contributed by atoms with Gasteiger partial charge in [-0.25, -0.2) is 0 Å². The predicted molar refractivity (Wildman–Crippen MR) is 59.8 cm³/mol. The Morgan fingerprint density at radius 2 is 2.07 bits per heavy atom. The van der Waals surface area contributed by atoms with Crippen LogP contribution in [0.15, 0.2) is 0 Å². The van der Waals surface area contributed by atoms with Crippen molar-refractivity contribution in [3.05, 3.63) is 0 Å². The Balaban J connectivity index is 2.23. The minimum Gasteiger partial charge on any atom is -0.468 e. The van der Waals surface area contributed by atoms with E-state index in [4.69, 9.17) is 4.74 Å². The van der Waals surface area contributed by atoms with Crippen molar-refractivity contribution in [2.75, 3.05) is 33.8 Å². The first-order chi connectivity index (χ1) is 7.27. The largest absolute Gasteiger partial charge is 0.468 e. The molecule has 1 atom stereocenters. The van der Waals surface area contributed by atoms with Crippen LogP contribution in [0.5, 0.6) is 0 Å². The maximum absolute atomic E-state index is 11.3. The molecule has 0 radical (unpaired) electrons. The van der Waals surface area contributed by atoms with Crippen LogP contribution in [0.3, 0.4) is 0 Å². The Bertz CT molecular complexity index is 191. The zero-order chi connectivity index (χ0) is 11.1. The molecule has 0 bridgehead atoms. The van der Waals surface area contributed by atoms with Gasteiger partial charge in [0.1, 0.15) is 6.04 Å². The summed E-state index contributed by atoms with van der Waals surface area (Å²) in [6.07, 6.45) is 4.77. The number of hydrogen-bond acceptors (Lipinski definition) is 4. The van der Waals surface area contributed by atoms with Gasteiger partial charge in [0.2, 0.25) is 0 Å². The molecule has 4 heteroatoms. The molecule has 0 amide bonds. The van der Waals surface area contributed by atoms with Crippen LogP contribution in [-0.2, 0) is 9.53 Å². The van der Waals surface area contributed by atoms with Gasteiger partial charge in [0.15, 0.2) is 0 Å². The Kier molecular flexibility index (Phi) is 5.65. The Hall–Kier alpha value is -0.610. The number of hydrogen-bond donors (Lipinski definition) is 1. The number of likely N-dealkylation sites (N-methyl/N-ethyl adjacent to an activating group) is 1. The minimum absolute atomic E-state index is 0.156. The van der Waals surface area contributed by atoms with E-state index in [1.165, 1.54) is 39.5 Å². The molecule has 88 valence electrons. The van der Waals surface area contributed by atoms with E-state index in [9.17, 15) is 4.79 Å². The van der Waals surface area contributed by atoms with Crippen molar-refractivity contribution >= 4 is 5.97 Å². The second-order valence-corrected chi connectivity index (χ2v) is 4.06. The second kappa shape index (κ2) is 6.80. The van der Waals surface area contributed by atoms with Gasteiger partial charge in [-0.05, 0) is 39.4 Å². The molecule has 1 saturated heterocycles. The van der Waals surface area contributed by atoms with Crippen LogP contribution in [0, 0.1) is 0 Å². The fourth-order valence-electron chi connectivity index (χ4n) is 2.02. The number of rotatable bonds is 5. The quantitative estimate of drug-likeness (QED) is 0.681. The molecule has 0 aromatic rings. The summed E-state index contributed by atoms with van der Waals surface area (Å²) < 4.78 is 4.72. The molecule has 1 unspecified atom stereocenters. The molecule has 15 heavy (non-hydrogen) atoms. The standard InChI is InChI=1S/C11H22N2O2/c1-12-10(11(14)15-2)6-9-13-7-4-3-5-8-13/h10,12H,3-9H2,1-2H3. The van der Waals surface area contributed by atoms with E-state index in [-0.39, 0.29) is 12.0 Å². The molecule has 0 aromatic heterocycles. The highest BCUT2D eigenvalue weighted by Gasteiger charge is 2.18. The first-order valence-corrected chi connectivity index (χ1v) is 5.75. The Morgan fingerprint density at radius 3 is 2.60 bits per heavy atom. The molecule has 1 rings (SSSR count). The van der Waals surface area contributed by atoms with Gasteiger partial charge in [-0.3, -0.25) is 4.79 Å². The first kappa shape index (κ1) is 12.5. The zero-order valence-corrected chi connectivity index (χ0v) is 9.79. The van der Waals surface area contributed by atoms with Crippen molar-refractivity contribution in [3.63, 3.8) is 0 Å². The molecular weight excluding hydrogens is 192 g/mol. The van der Waals surface area contributed by atoms with Crippen LogP contribution in [-0.4, -0.2) is 50.7 Å². The summed E-state index contributed by atoms with van der Waals surface area (Å²) in [5, 5.41) is 2.99. The third-order valence-electron chi connectivity index (χ3n) is 3.02. The van der Waals surface area contributed by atoms with Gasteiger partial charge in [0.25, 0.3) is 0 Å². The summed E-state index contributed by atoms with van der Waals surface area (Å²) in [5.41, 5.74) is 0. The second-order valence-electron chi connectivity index (χ2n) is 4.06. The lowest BCUT2D eigenvalue weighted by Crippen LogP contribution is -2.40. The number of methoxy groups -OCH3 is 1. The molecule has 4 nitrogen and oxygen atoms in total. The number of carbonyl (C=O) groups is 1. The van der Waals surface area contributed by atoms with E-state index in [2.05, 4.69) is 10.2 Å². The smallest absolute Gasteiger partial charge is 0.322 e. The molecule has 1 heterocycles. The number of carbonyl (C=O) groups excluding carboxylic acids is 1. The minimum atomic E-state index is -0.158. The van der Waals surface area contributed by atoms with Gasteiger partial charge in [-0.2, -0.15) is 0 Å². The number of nitrogens with zero attached hydrogens (tertiary/aromatic N) is 1. The first-order valence-electron chi connectivity index (χ1n) is 5.75. The third kappa shape index (κ3) is 4.18. The van der Waals surface area contributed by atoms with Crippen LogP contribution in [0.4, 0.5) is 0 Å². The van der Waals surface area contributed by atoms with E-state index >= 15 is 0 Å². The normalized spacial score (nSPS) is 19.9. The third-order valence-corrected chi connectivity index (χ3v) is 3.02.